The summed E-state index contributed by atoms with van der Waals surface area (Å²) >= 11 is 0. The molecular weight excluding hydrogens is 324 g/mol. The van der Waals surface area contributed by atoms with Gasteiger partial charge < -0.3 is 18.9 Å². The van der Waals surface area contributed by atoms with Crippen molar-refractivity contribution >= 4 is 11.8 Å². The van der Waals surface area contributed by atoms with Crippen LogP contribution in [0.2, 0.25) is 0 Å². The Morgan fingerprint density at radius 1 is 0.920 bits per heavy atom. The third kappa shape index (κ3) is 4.50. The summed E-state index contributed by atoms with van der Waals surface area (Å²) in [4.78, 5) is 24.6. The zero-order chi connectivity index (χ0) is 18.2. The Balaban J connectivity index is 2.09. The van der Waals surface area contributed by atoms with E-state index in [2.05, 4.69) is 0 Å². The van der Waals surface area contributed by atoms with Gasteiger partial charge in [-0.05, 0) is 31.2 Å². The summed E-state index contributed by atoms with van der Waals surface area (Å²) in [5.41, 5.74) is 0.591. The van der Waals surface area contributed by atoms with Crippen LogP contribution >= 0.6 is 0 Å². The zero-order valence-corrected chi connectivity index (χ0v) is 14.4. The molecule has 0 atom stereocenters. The number of carbonyl (C=O) groups is 2. The second kappa shape index (κ2) is 8.73. The van der Waals surface area contributed by atoms with Crippen LogP contribution in [0.1, 0.15) is 27.6 Å². The van der Waals surface area contributed by atoms with Crippen LogP contribution in [0, 0.1) is 0 Å². The van der Waals surface area contributed by atoms with E-state index in [0.717, 1.165) is 0 Å². The molecule has 0 saturated carbocycles. The summed E-state index contributed by atoms with van der Waals surface area (Å²) in [7, 11) is 2.98. The minimum absolute atomic E-state index is 0.277. The van der Waals surface area contributed by atoms with Gasteiger partial charge in [0.2, 0.25) is 5.78 Å². The van der Waals surface area contributed by atoms with Crippen molar-refractivity contribution < 1.29 is 28.5 Å². The summed E-state index contributed by atoms with van der Waals surface area (Å²) in [6.07, 6.45) is 0. The normalized spacial score (nSPS) is 10.0. The number of carbonyl (C=O) groups excluding carboxylic acids is 2. The van der Waals surface area contributed by atoms with Crippen LogP contribution in [0.15, 0.2) is 42.5 Å². The van der Waals surface area contributed by atoms with Crippen molar-refractivity contribution in [1.29, 1.82) is 0 Å². The molecule has 2 aromatic rings. The summed E-state index contributed by atoms with van der Waals surface area (Å²) in [5.74, 6) is 0.349. The van der Waals surface area contributed by atoms with E-state index >= 15 is 0 Å². The Hall–Kier alpha value is -3.02. The first-order chi connectivity index (χ1) is 12.1. The number of methoxy groups -OCH3 is 2. The van der Waals surface area contributed by atoms with Crippen molar-refractivity contribution in [2.24, 2.45) is 0 Å². The number of rotatable bonds is 8. The molecule has 0 spiro atoms. The summed E-state index contributed by atoms with van der Waals surface area (Å²) in [6.45, 7) is 1.84. The molecule has 0 N–H and O–H groups in total. The van der Waals surface area contributed by atoms with Crippen molar-refractivity contribution in [2.75, 3.05) is 27.4 Å². The molecule has 2 rings (SSSR count). The van der Waals surface area contributed by atoms with E-state index in [9.17, 15) is 9.59 Å². The minimum atomic E-state index is -0.620. The van der Waals surface area contributed by atoms with Crippen LogP contribution in [-0.2, 0) is 4.74 Å². The number of para-hydroxylation sites is 1. The molecule has 0 bridgehead atoms. The SMILES string of the molecule is CCOc1ccccc1C(=O)OCC(=O)c1ccc(OC)cc1OC. The van der Waals surface area contributed by atoms with Crippen molar-refractivity contribution in [2.45, 2.75) is 6.92 Å². The topological polar surface area (TPSA) is 71.1 Å². The average molecular weight is 344 g/mol. The molecule has 0 amide bonds. The maximum absolute atomic E-state index is 12.3. The van der Waals surface area contributed by atoms with Gasteiger partial charge in [0.25, 0.3) is 0 Å². The zero-order valence-electron chi connectivity index (χ0n) is 14.4. The Bertz CT molecular complexity index is 753. The molecule has 6 heteroatoms. The fourth-order valence-corrected chi connectivity index (χ4v) is 2.23. The molecule has 0 fully saturated rings. The highest BCUT2D eigenvalue weighted by Gasteiger charge is 2.18. The van der Waals surface area contributed by atoms with Gasteiger partial charge >= 0.3 is 5.97 Å². The number of ether oxygens (including phenoxy) is 4. The standard InChI is InChI=1S/C19H20O6/c1-4-24-17-8-6-5-7-15(17)19(21)25-12-16(20)14-10-9-13(22-2)11-18(14)23-3/h5-11H,4,12H2,1-3H3. The lowest BCUT2D eigenvalue weighted by Crippen LogP contribution is -2.16. The first-order valence-electron chi connectivity index (χ1n) is 7.74. The Labute approximate surface area is 146 Å². The van der Waals surface area contributed by atoms with E-state index in [4.69, 9.17) is 18.9 Å². The third-order valence-electron chi connectivity index (χ3n) is 3.45. The van der Waals surface area contributed by atoms with E-state index in [1.807, 2.05) is 6.92 Å². The van der Waals surface area contributed by atoms with Crippen molar-refractivity contribution in [1.82, 2.24) is 0 Å². The molecule has 25 heavy (non-hydrogen) atoms. The van der Waals surface area contributed by atoms with Gasteiger partial charge in [0, 0.05) is 6.07 Å². The lowest BCUT2D eigenvalue weighted by Gasteiger charge is -2.11. The van der Waals surface area contributed by atoms with E-state index in [1.165, 1.54) is 14.2 Å². The van der Waals surface area contributed by atoms with Crippen molar-refractivity contribution in [3.8, 4) is 17.2 Å². The van der Waals surface area contributed by atoms with E-state index < -0.39 is 12.6 Å². The van der Waals surface area contributed by atoms with Gasteiger partial charge in [-0.25, -0.2) is 4.79 Å². The molecule has 0 saturated heterocycles. The number of hydrogen-bond acceptors (Lipinski definition) is 6. The van der Waals surface area contributed by atoms with Crippen LogP contribution in [0.5, 0.6) is 17.2 Å². The highest BCUT2D eigenvalue weighted by atomic mass is 16.5. The van der Waals surface area contributed by atoms with Crippen LogP contribution in [-0.4, -0.2) is 39.2 Å². The number of Topliss-reactive ketones (excluding diaryl/α,β-unsaturated/α-hetero) is 1. The van der Waals surface area contributed by atoms with E-state index in [-0.39, 0.29) is 11.3 Å². The highest BCUT2D eigenvalue weighted by Crippen LogP contribution is 2.25. The predicted molar refractivity (Wildman–Crippen MR) is 91.8 cm³/mol. The molecule has 0 radical (unpaired) electrons. The van der Waals surface area contributed by atoms with Gasteiger partial charge in [-0.1, -0.05) is 12.1 Å². The van der Waals surface area contributed by atoms with Gasteiger partial charge in [-0.2, -0.15) is 0 Å². The van der Waals surface area contributed by atoms with E-state index in [0.29, 0.717) is 29.4 Å². The highest BCUT2D eigenvalue weighted by molar-refractivity contribution is 6.02. The lowest BCUT2D eigenvalue weighted by molar-refractivity contribution is 0.0470. The van der Waals surface area contributed by atoms with Gasteiger partial charge in [-0.15, -0.1) is 0 Å². The fraction of sp³-hybridized carbons (Fsp3) is 0.263. The first kappa shape index (κ1) is 18.3. The second-order valence-corrected chi connectivity index (χ2v) is 4.99. The van der Waals surface area contributed by atoms with Gasteiger partial charge in [0.1, 0.15) is 22.8 Å². The molecule has 2 aromatic carbocycles. The summed E-state index contributed by atoms with van der Waals surface area (Å²) in [5, 5.41) is 0. The van der Waals surface area contributed by atoms with Gasteiger partial charge in [0.15, 0.2) is 6.61 Å². The predicted octanol–water partition coefficient (Wildman–Crippen LogP) is 3.14. The lowest BCUT2D eigenvalue weighted by atomic mass is 10.1. The molecular formula is C19H20O6. The van der Waals surface area contributed by atoms with Crippen LogP contribution in [0.4, 0.5) is 0 Å². The van der Waals surface area contributed by atoms with Crippen LogP contribution < -0.4 is 14.2 Å². The quantitative estimate of drug-likeness (QED) is 0.541. The average Bonchev–Trinajstić information content (AvgIpc) is 2.65. The van der Waals surface area contributed by atoms with Gasteiger partial charge in [0.05, 0.1) is 26.4 Å². The second-order valence-electron chi connectivity index (χ2n) is 4.99. The molecule has 0 aromatic heterocycles. The minimum Gasteiger partial charge on any atom is -0.497 e. The Kier molecular flexibility index (Phi) is 6.39. The summed E-state index contributed by atoms with van der Waals surface area (Å²) in [6, 6.07) is 11.5. The van der Waals surface area contributed by atoms with Crippen LogP contribution in [0.25, 0.3) is 0 Å². The largest absolute Gasteiger partial charge is 0.497 e. The molecule has 0 aliphatic heterocycles. The van der Waals surface area contributed by atoms with Crippen LogP contribution in [0.3, 0.4) is 0 Å². The molecule has 0 unspecified atom stereocenters. The monoisotopic (exact) mass is 344 g/mol. The number of ketones is 1. The number of hydrogen-bond donors (Lipinski definition) is 0. The fourth-order valence-electron chi connectivity index (χ4n) is 2.23. The molecule has 0 heterocycles. The number of benzene rings is 2. The maximum atomic E-state index is 12.3. The smallest absolute Gasteiger partial charge is 0.342 e. The molecule has 6 nitrogen and oxygen atoms in total. The number of esters is 1. The Morgan fingerprint density at radius 2 is 1.68 bits per heavy atom. The molecule has 0 aliphatic carbocycles. The maximum Gasteiger partial charge on any atom is 0.342 e. The van der Waals surface area contributed by atoms with Crippen molar-refractivity contribution in [3.05, 3.63) is 53.6 Å². The van der Waals surface area contributed by atoms with Crippen molar-refractivity contribution in [3.63, 3.8) is 0 Å². The molecule has 0 aliphatic rings. The summed E-state index contributed by atoms with van der Waals surface area (Å²) < 4.78 is 20.8. The third-order valence-corrected chi connectivity index (χ3v) is 3.45. The first-order valence-corrected chi connectivity index (χ1v) is 7.74. The molecule has 132 valence electrons. The van der Waals surface area contributed by atoms with Gasteiger partial charge in [-0.3, -0.25) is 4.79 Å². The van der Waals surface area contributed by atoms with E-state index in [1.54, 1.807) is 42.5 Å². The Morgan fingerprint density at radius 3 is 2.36 bits per heavy atom.